The van der Waals surface area contributed by atoms with Crippen molar-refractivity contribution in [2.75, 3.05) is 0 Å². The van der Waals surface area contributed by atoms with Gasteiger partial charge in [-0.25, -0.2) is 0 Å². The van der Waals surface area contributed by atoms with Crippen molar-refractivity contribution < 1.29 is 14.6 Å². The molecule has 0 amide bonds. The number of rotatable bonds is 9. The molecule has 1 radical (unpaired) electrons. The topological polar surface area (TPSA) is 46.5 Å². The summed E-state index contributed by atoms with van der Waals surface area (Å²) in [6.07, 6.45) is 3.72. The number of phenolic OH excluding ortho intramolecular Hbond substituents is 1. The minimum Gasteiger partial charge on any atom is -0.508 e. The molecule has 4 aromatic rings. The van der Waals surface area contributed by atoms with Crippen LogP contribution in [0.4, 0.5) is 0 Å². The number of phenols is 1. The van der Waals surface area contributed by atoms with E-state index in [9.17, 15) is 9.90 Å². The van der Waals surface area contributed by atoms with Crippen LogP contribution in [0.15, 0.2) is 109 Å². The molecule has 1 atom stereocenters. The molecule has 0 saturated carbocycles. The summed E-state index contributed by atoms with van der Waals surface area (Å²) in [5.41, 5.74) is 4.44. The SMILES string of the molecule is C/C=C(\CC)c1ccc(C(OC(=O)CCc2ccc(O)cc2)(c2ccccc2)c2ccccc2Cl)cc1.[Es]. The van der Waals surface area contributed by atoms with Gasteiger partial charge in [-0.15, -0.1) is 0 Å². The van der Waals surface area contributed by atoms with E-state index in [4.69, 9.17) is 16.3 Å². The van der Waals surface area contributed by atoms with Gasteiger partial charge in [0.05, 0.1) is 0 Å². The van der Waals surface area contributed by atoms with E-state index in [0.717, 1.165) is 28.7 Å². The van der Waals surface area contributed by atoms with Crippen LogP contribution in [0, 0.1) is 0 Å². The minimum absolute atomic E-state index is 0. The Labute approximate surface area is 224 Å². The number of hydrogen-bond donors (Lipinski definition) is 1. The molecule has 0 aromatic heterocycles. The third-order valence-electron chi connectivity index (χ3n) is 6.65. The first kappa shape index (κ1) is 27.8. The van der Waals surface area contributed by atoms with Crippen LogP contribution in [0.3, 0.4) is 0 Å². The molecule has 4 rings (SSSR count). The molecule has 0 fully saturated rings. The van der Waals surface area contributed by atoms with Gasteiger partial charge in [-0.05, 0) is 54.7 Å². The van der Waals surface area contributed by atoms with E-state index < -0.39 is 5.60 Å². The zero-order chi connectivity index (χ0) is 26.3. The van der Waals surface area contributed by atoms with Gasteiger partial charge in [0.15, 0.2) is 5.60 Å². The van der Waals surface area contributed by atoms with Gasteiger partial charge in [0.25, 0.3) is 0 Å². The maximum Gasteiger partial charge on any atom is 0.307 e. The molecule has 1 unspecified atom stereocenters. The summed E-state index contributed by atoms with van der Waals surface area (Å²) in [5, 5.41) is 10.1. The summed E-state index contributed by atoms with van der Waals surface area (Å²) in [5.74, 6) is -0.149. The number of hydrogen-bond acceptors (Lipinski definition) is 3. The molecule has 5 heteroatoms. The Balaban J connectivity index is 0.00000400. The molecular weight excluding hydrogens is 732 g/mol. The fourth-order valence-electron chi connectivity index (χ4n) is 4.69. The smallest absolute Gasteiger partial charge is 0.307 e. The Bertz CT molecular complexity index is 1370. The maximum atomic E-state index is 13.5. The predicted molar refractivity (Wildman–Crippen MR) is 151 cm³/mol. The van der Waals surface area contributed by atoms with Crippen molar-refractivity contribution in [3.8, 4) is 5.75 Å². The molecule has 38 heavy (non-hydrogen) atoms. The molecule has 199 valence electrons. The Morgan fingerprint density at radius 2 is 1.47 bits per heavy atom. The zero-order valence-corrected chi connectivity index (χ0v) is 24.7. The number of aromatic hydroxyl groups is 1. The molecule has 0 aliphatic heterocycles. The molecule has 3 nitrogen and oxygen atoms in total. The van der Waals surface area contributed by atoms with Crippen LogP contribution in [0.25, 0.3) is 5.57 Å². The second-order valence-corrected chi connectivity index (χ2v) is 9.32. The molecule has 4 aromatic carbocycles. The van der Waals surface area contributed by atoms with Crippen molar-refractivity contribution >= 4 is 23.1 Å². The molecule has 0 aliphatic carbocycles. The van der Waals surface area contributed by atoms with E-state index in [1.807, 2.05) is 85.8 Å². The number of benzene rings is 4. The summed E-state index contributed by atoms with van der Waals surface area (Å²) >= 11 is 6.78. The van der Waals surface area contributed by atoms with Crippen molar-refractivity contribution in [3.05, 3.63) is 142 Å². The third kappa shape index (κ3) is 5.77. The minimum atomic E-state index is -1.23. The first-order chi connectivity index (χ1) is 18.0. The van der Waals surface area contributed by atoms with Crippen LogP contribution in [0.2, 0.25) is 5.02 Å². The number of halogens is 1. The van der Waals surface area contributed by atoms with Crippen LogP contribution >= 0.6 is 11.6 Å². The Hall–Kier alpha value is -4.82. The van der Waals surface area contributed by atoms with E-state index in [1.165, 1.54) is 5.57 Å². The summed E-state index contributed by atoms with van der Waals surface area (Å²) in [6, 6.07) is 32.3. The molecule has 1 N–H and O–H groups in total. The summed E-state index contributed by atoms with van der Waals surface area (Å²) in [7, 11) is 0. The molecule has 0 saturated heterocycles. The summed E-state index contributed by atoms with van der Waals surface area (Å²) in [4.78, 5) is 13.5. The van der Waals surface area contributed by atoms with Gasteiger partial charge in [-0.2, -0.15) is 0 Å². The van der Waals surface area contributed by atoms with Gasteiger partial charge in [0.2, 0.25) is 0 Å². The van der Waals surface area contributed by atoms with Crippen molar-refractivity contribution in [2.45, 2.75) is 38.7 Å². The predicted octanol–water partition coefficient (Wildman–Crippen LogP) is 8.33. The molecule has 0 aliphatic rings. The largest absolute Gasteiger partial charge is 0.508 e. The van der Waals surface area contributed by atoms with E-state index >= 15 is 0 Å². The number of carbonyl (C=O) groups is 1. The van der Waals surface area contributed by atoms with E-state index in [-0.39, 0.29) is 18.1 Å². The number of carbonyl (C=O) groups excluding carboxylic acids is 1. The van der Waals surface area contributed by atoms with Crippen LogP contribution in [-0.2, 0) is 21.6 Å². The number of esters is 1. The fourth-order valence-corrected chi connectivity index (χ4v) is 4.96. The molecule has 0 heterocycles. The van der Waals surface area contributed by atoms with Gasteiger partial charge in [0, 0.05) is 28.1 Å². The van der Waals surface area contributed by atoms with Gasteiger partial charge in [0.1, 0.15) is 5.75 Å². The van der Waals surface area contributed by atoms with E-state index in [2.05, 4.69) is 25.1 Å². The maximum absolute atomic E-state index is 13.5. The zero-order valence-electron chi connectivity index (χ0n) is 21.5. The average molecular weight is 763 g/mol. The first-order valence-corrected chi connectivity index (χ1v) is 12.9. The quantitative estimate of drug-likeness (QED) is 0.138. The van der Waals surface area contributed by atoms with Gasteiger partial charge in [-0.3, -0.25) is 4.79 Å². The summed E-state index contributed by atoms with van der Waals surface area (Å²) in [6.45, 7) is 4.18. The Morgan fingerprint density at radius 3 is 2.08 bits per heavy atom. The molecular formula is C33H31ClEsO3. The standard InChI is InChI=1S/C33H31ClO3.Es/c1-3-25(4-2)26-17-19-28(20-18-26)33(27-10-6-5-7-11-27,30-12-8-9-13-31(30)34)37-32(36)23-16-24-14-21-29(35)22-15-24;/h3,5-15,17-22,35H,4,16,23H2,1-2H3;/b25-3+;. The molecule has 0 bridgehead atoms. The van der Waals surface area contributed by atoms with E-state index in [0.29, 0.717) is 17.0 Å². The Kier molecular flexibility index (Phi) is 9.08. The van der Waals surface area contributed by atoms with Crippen LogP contribution < -0.4 is 0 Å². The number of allylic oxidation sites excluding steroid dienone is 2. The van der Waals surface area contributed by atoms with Crippen molar-refractivity contribution in [1.82, 2.24) is 0 Å². The fraction of sp³-hybridized carbons (Fsp3) is 0.182. The van der Waals surface area contributed by atoms with Crippen molar-refractivity contribution in [3.63, 3.8) is 0 Å². The number of ether oxygens (including phenoxy) is 1. The van der Waals surface area contributed by atoms with Gasteiger partial charge >= 0.3 is 5.97 Å². The number of aryl methyl sites for hydroxylation is 1. The normalized spacial score (nSPS) is 12.8. The van der Waals surface area contributed by atoms with Crippen molar-refractivity contribution in [2.24, 2.45) is 0 Å². The average Bonchev–Trinajstić information content (AvgIpc) is 2.93. The molecule has 0 spiro atoms. The van der Waals surface area contributed by atoms with E-state index in [1.54, 1.807) is 12.1 Å². The second-order valence-electron chi connectivity index (χ2n) is 8.91. The second kappa shape index (κ2) is 12.4. The van der Waals surface area contributed by atoms with Crippen LogP contribution in [0.5, 0.6) is 5.75 Å². The van der Waals surface area contributed by atoms with Crippen molar-refractivity contribution in [1.29, 1.82) is 0 Å². The third-order valence-corrected chi connectivity index (χ3v) is 6.98. The van der Waals surface area contributed by atoms with Gasteiger partial charge in [-0.1, -0.05) is 110 Å². The van der Waals surface area contributed by atoms with Gasteiger partial charge < -0.3 is 9.84 Å². The summed E-state index contributed by atoms with van der Waals surface area (Å²) < 4.78 is 6.49. The van der Waals surface area contributed by atoms with Crippen LogP contribution in [0.1, 0.15) is 54.5 Å². The monoisotopic (exact) mass is 762 g/mol. The van der Waals surface area contributed by atoms with Crippen LogP contribution in [-0.4, -0.2) is 11.1 Å². The Morgan fingerprint density at radius 1 is 0.868 bits per heavy atom. The first-order valence-electron chi connectivity index (χ1n) is 12.5.